The van der Waals surface area contributed by atoms with Crippen LogP contribution in [-0.2, 0) is 4.74 Å². The number of aliphatic hydroxyl groups excluding tert-OH is 1. The van der Waals surface area contributed by atoms with Crippen LogP contribution < -0.4 is 11.1 Å². The SMILES string of the molecule is CC(N)c1nc(C(=O)NCCOCCO)cs1. The van der Waals surface area contributed by atoms with Gasteiger partial charge in [-0.25, -0.2) is 4.98 Å². The van der Waals surface area contributed by atoms with Crippen molar-refractivity contribution in [3.63, 3.8) is 0 Å². The Morgan fingerprint density at radius 3 is 3.06 bits per heavy atom. The van der Waals surface area contributed by atoms with Crippen molar-refractivity contribution in [2.24, 2.45) is 5.73 Å². The van der Waals surface area contributed by atoms with Gasteiger partial charge >= 0.3 is 0 Å². The molecule has 0 aromatic carbocycles. The average Bonchev–Trinajstić information content (AvgIpc) is 2.78. The molecule has 1 atom stereocenters. The number of thiazole rings is 1. The number of ether oxygens (including phenoxy) is 1. The van der Waals surface area contributed by atoms with E-state index in [1.165, 1.54) is 11.3 Å². The van der Waals surface area contributed by atoms with Crippen LogP contribution in [0.3, 0.4) is 0 Å². The first-order chi connectivity index (χ1) is 8.15. The zero-order valence-electron chi connectivity index (χ0n) is 9.68. The Labute approximate surface area is 104 Å². The van der Waals surface area contributed by atoms with E-state index in [1.807, 2.05) is 6.92 Å². The highest BCUT2D eigenvalue weighted by atomic mass is 32.1. The Balaban J connectivity index is 2.31. The molecule has 0 saturated heterocycles. The third kappa shape index (κ3) is 4.78. The molecule has 1 aromatic rings. The van der Waals surface area contributed by atoms with Crippen molar-refractivity contribution in [3.8, 4) is 0 Å². The minimum Gasteiger partial charge on any atom is -0.394 e. The monoisotopic (exact) mass is 259 g/mol. The summed E-state index contributed by atoms with van der Waals surface area (Å²) in [6, 6.07) is -0.158. The van der Waals surface area contributed by atoms with Crippen LogP contribution in [0.4, 0.5) is 0 Å². The maximum absolute atomic E-state index is 11.6. The molecule has 0 radical (unpaired) electrons. The van der Waals surface area contributed by atoms with Gasteiger partial charge in [0.15, 0.2) is 0 Å². The number of aliphatic hydroxyl groups is 1. The van der Waals surface area contributed by atoms with E-state index in [1.54, 1.807) is 5.38 Å². The molecular weight excluding hydrogens is 242 g/mol. The maximum Gasteiger partial charge on any atom is 0.270 e. The molecular formula is C10H17N3O3S. The Morgan fingerprint density at radius 2 is 2.47 bits per heavy atom. The van der Waals surface area contributed by atoms with Crippen molar-refractivity contribution >= 4 is 17.2 Å². The lowest BCUT2D eigenvalue weighted by Crippen LogP contribution is -2.27. The topological polar surface area (TPSA) is 97.5 Å². The number of hydrogen-bond acceptors (Lipinski definition) is 6. The molecule has 0 aliphatic carbocycles. The number of nitrogens with one attached hydrogen (secondary N) is 1. The fraction of sp³-hybridized carbons (Fsp3) is 0.600. The van der Waals surface area contributed by atoms with Crippen LogP contribution in [0.25, 0.3) is 0 Å². The molecule has 0 bridgehead atoms. The molecule has 1 amide bonds. The number of rotatable bonds is 7. The van der Waals surface area contributed by atoms with Crippen molar-refractivity contribution in [2.45, 2.75) is 13.0 Å². The zero-order valence-corrected chi connectivity index (χ0v) is 10.5. The number of amides is 1. The Morgan fingerprint density at radius 1 is 1.71 bits per heavy atom. The van der Waals surface area contributed by atoms with Gasteiger partial charge in [0.2, 0.25) is 0 Å². The molecule has 6 nitrogen and oxygen atoms in total. The molecule has 0 aliphatic heterocycles. The summed E-state index contributed by atoms with van der Waals surface area (Å²) in [5.41, 5.74) is 6.03. The van der Waals surface area contributed by atoms with Gasteiger partial charge in [-0.2, -0.15) is 0 Å². The predicted octanol–water partition coefficient (Wildman–Crippen LogP) is -0.0985. The lowest BCUT2D eigenvalue weighted by atomic mass is 10.4. The standard InChI is InChI=1S/C10H17N3O3S/c1-7(11)10-13-8(6-17-10)9(15)12-2-4-16-5-3-14/h6-7,14H,2-5,11H2,1H3,(H,12,15). The normalized spacial score (nSPS) is 12.4. The van der Waals surface area contributed by atoms with E-state index in [0.717, 1.165) is 5.01 Å². The molecule has 1 heterocycles. The van der Waals surface area contributed by atoms with Crippen LogP contribution >= 0.6 is 11.3 Å². The smallest absolute Gasteiger partial charge is 0.270 e. The van der Waals surface area contributed by atoms with Crippen molar-refractivity contribution in [2.75, 3.05) is 26.4 Å². The minimum absolute atomic E-state index is 0.0161. The third-order valence-electron chi connectivity index (χ3n) is 1.91. The quantitative estimate of drug-likeness (QED) is 0.594. The molecule has 0 fully saturated rings. The van der Waals surface area contributed by atoms with Gasteiger partial charge in [-0.05, 0) is 6.92 Å². The summed E-state index contributed by atoms with van der Waals surface area (Å²) in [6.45, 7) is 2.85. The van der Waals surface area contributed by atoms with E-state index >= 15 is 0 Å². The van der Waals surface area contributed by atoms with E-state index in [4.69, 9.17) is 15.6 Å². The summed E-state index contributed by atoms with van der Waals surface area (Å²) in [5.74, 6) is -0.235. The fourth-order valence-corrected chi connectivity index (χ4v) is 1.85. The minimum atomic E-state index is -0.235. The van der Waals surface area contributed by atoms with E-state index in [2.05, 4.69) is 10.3 Å². The number of nitrogens with two attached hydrogens (primary N) is 1. The highest BCUT2D eigenvalue weighted by Crippen LogP contribution is 2.15. The van der Waals surface area contributed by atoms with Gasteiger partial charge in [0.25, 0.3) is 5.91 Å². The summed E-state index contributed by atoms with van der Waals surface area (Å²) in [5, 5.41) is 13.6. The molecule has 4 N–H and O–H groups in total. The molecule has 0 saturated carbocycles. The molecule has 17 heavy (non-hydrogen) atoms. The fourth-order valence-electron chi connectivity index (χ4n) is 1.09. The molecule has 1 aromatic heterocycles. The number of carbonyl (C=O) groups is 1. The highest BCUT2D eigenvalue weighted by molar-refractivity contribution is 7.09. The third-order valence-corrected chi connectivity index (χ3v) is 2.96. The van der Waals surface area contributed by atoms with Gasteiger partial charge in [0.1, 0.15) is 10.7 Å². The van der Waals surface area contributed by atoms with Crippen LogP contribution in [0.2, 0.25) is 0 Å². The average molecular weight is 259 g/mol. The van der Waals surface area contributed by atoms with Gasteiger partial charge in [0.05, 0.1) is 25.9 Å². The Kier molecular flexibility index (Phi) is 6.06. The van der Waals surface area contributed by atoms with Gasteiger partial charge in [-0.1, -0.05) is 0 Å². The predicted molar refractivity (Wildman–Crippen MR) is 65.0 cm³/mol. The van der Waals surface area contributed by atoms with E-state index in [9.17, 15) is 4.79 Å². The maximum atomic E-state index is 11.6. The highest BCUT2D eigenvalue weighted by Gasteiger charge is 2.11. The van der Waals surface area contributed by atoms with E-state index in [-0.39, 0.29) is 25.2 Å². The van der Waals surface area contributed by atoms with Crippen LogP contribution in [-0.4, -0.2) is 42.4 Å². The lowest BCUT2D eigenvalue weighted by molar-refractivity contribution is 0.0835. The summed E-state index contributed by atoms with van der Waals surface area (Å²) in [6.07, 6.45) is 0. The Hall–Kier alpha value is -1.02. The Bertz CT molecular complexity index is 354. The molecule has 1 rings (SSSR count). The second kappa shape index (κ2) is 7.33. The van der Waals surface area contributed by atoms with Crippen LogP contribution in [0.5, 0.6) is 0 Å². The van der Waals surface area contributed by atoms with E-state index < -0.39 is 0 Å². The van der Waals surface area contributed by atoms with E-state index in [0.29, 0.717) is 18.8 Å². The van der Waals surface area contributed by atoms with Crippen molar-refractivity contribution < 1.29 is 14.6 Å². The second-order valence-corrected chi connectivity index (χ2v) is 4.34. The lowest BCUT2D eigenvalue weighted by Gasteiger charge is -2.03. The van der Waals surface area contributed by atoms with Crippen molar-refractivity contribution in [1.82, 2.24) is 10.3 Å². The summed E-state index contributed by atoms with van der Waals surface area (Å²) < 4.78 is 5.01. The number of hydrogen-bond donors (Lipinski definition) is 3. The summed E-state index contributed by atoms with van der Waals surface area (Å²) in [4.78, 5) is 15.7. The van der Waals surface area contributed by atoms with Gasteiger partial charge in [-0.3, -0.25) is 4.79 Å². The zero-order chi connectivity index (χ0) is 12.7. The van der Waals surface area contributed by atoms with Gasteiger partial charge in [0, 0.05) is 11.9 Å². The number of nitrogens with zero attached hydrogens (tertiary/aromatic N) is 1. The molecule has 1 unspecified atom stereocenters. The molecule has 0 aliphatic rings. The summed E-state index contributed by atoms with van der Waals surface area (Å²) >= 11 is 1.37. The molecule has 96 valence electrons. The first-order valence-corrected chi connectivity index (χ1v) is 6.21. The first kappa shape index (κ1) is 14.0. The van der Waals surface area contributed by atoms with Crippen molar-refractivity contribution in [3.05, 3.63) is 16.1 Å². The summed E-state index contributed by atoms with van der Waals surface area (Å²) in [7, 11) is 0. The van der Waals surface area contributed by atoms with Crippen LogP contribution in [0, 0.1) is 0 Å². The number of aromatic nitrogens is 1. The second-order valence-electron chi connectivity index (χ2n) is 3.45. The molecule has 7 heteroatoms. The number of carbonyl (C=O) groups excluding carboxylic acids is 1. The largest absolute Gasteiger partial charge is 0.394 e. The molecule has 0 spiro atoms. The van der Waals surface area contributed by atoms with Gasteiger partial charge in [-0.15, -0.1) is 11.3 Å². The van der Waals surface area contributed by atoms with Crippen LogP contribution in [0.1, 0.15) is 28.5 Å². The van der Waals surface area contributed by atoms with Crippen molar-refractivity contribution in [1.29, 1.82) is 0 Å². The first-order valence-electron chi connectivity index (χ1n) is 5.33. The van der Waals surface area contributed by atoms with Gasteiger partial charge < -0.3 is 20.9 Å². The van der Waals surface area contributed by atoms with Crippen LogP contribution in [0.15, 0.2) is 5.38 Å².